The molecular formula is C6H5ClN2OZn. The van der Waals surface area contributed by atoms with Gasteiger partial charge in [0.15, 0.2) is 4.98 Å². The van der Waals surface area contributed by atoms with Crippen LogP contribution < -0.4 is 12.4 Å². The first-order valence-electron chi connectivity index (χ1n) is 2.47. The average molecular weight is 222 g/mol. The van der Waals surface area contributed by atoms with E-state index in [0.717, 1.165) is 0 Å². The fraction of sp³-hybridized carbons (Fsp3) is 0. The molecule has 0 bridgehead atoms. The van der Waals surface area contributed by atoms with Gasteiger partial charge in [-0.2, -0.15) is 0 Å². The van der Waals surface area contributed by atoms with E-state index in [4.69, 9.17) is 10.5 Å². The number of nitrogens with zero attached hydrogens (tertiary/aromatic N) is 2. The zero-order valence-electron chi connectivity index (χ0n) is 5.74. The summed E-state index contributed by atoms with van der Waals surface area (Å²) in [6.45, 7) is 0. The van der Waals surface area contributed by atoms with Gasteiger partial charge in [-0.1, -0.05) is 0 Å². The van der Waals surface area contributed by atoms with Crippen LogP contribution in [0.1, 0.15) is 0 Å². The third-order valence-electron chi connectivity index (χ3n) is 0.965. The first kappa shape index (κ1) is 13.0. The van der Waals surface area contributed by atoms with Crippen LogP contribution in [0, 0.1) is 5.39 Å². The van der Waals surface area contributed by atoms with Crippen LogP contribution in [0.15, 0.2) is 24.3 Å². The molecule has 0 amide bonds. The number of halogens is 1. The Morgan fingerprint density at radius 2 is 1.64 bits per heavy atom. The molecule has 1 rings (SSSR count). The normalized spacial score (nSPS) is 6.82. The number of hydrogen-bond donors (Lipinski definition) is 1. The van der Waals surface area contributed by atoms with Gasteiger partial charge >= 0.3 is 5.69 Å². The summed E-state index contributed by atoms with van der Waals surface area (Å²) in [6.07, 6.45) is 0. The van der Waals surface area contributed by atoms with Crippen LogP contribution in [-0.4, -0.2) is 5.11 Å². The van der Waals surface area contributed by atoms with Gasteiger partial charge in [0.1, 0.15) is 5.75 Å². The van der Waals surface area contributed by atoms with Crippen molar-refractivity contribution in [2.75, 3.05) is 0 Å². The molecule has 0 aliphatic heterocycles. The number of diazo groups is 1. The molecule has 11 heavy (non-hydrogen) atoms. The Morgan fingerprint density at radius 3 is 2.00 bits per heavy atom. The molecule has 0 aromatic heterocycles. The molecule has 0 atom stereocenters. The molecule has 0 heterocycles. The number of hydrogen-bond acceptors (Lipinski definition) is 2. The molecule has 54 valence electrons. The van der Waals surface area contributed by atoms with Gasteiger partial charge in [0.25, 0.3) is 0 Å². The maximum atomic E-state index is 8.73. The third kappa shape index (κ3) is 3.92. The largest absolute Gasteiger partial charge is 1.00 e. The van der Waals surface area contributed by atoms with Crippen LogP contribution in [0.25, 0.3) is 4.98 Å². The molecule has 5 heteroatoms. The second-order valence-corrected chi connectivity index (χ2v) is 1.62. The number of aromatic hydroxyl groups is 1. The second kappa shape index (κ2) is 6.09. The van der Waals surface area contributed by atoms with Crippen LogP contribution in [0.2, 0.25) is 0 Å². The molecule has 0 aliphatic rings. The van der Waals surface area contributed by atoms with E-state index in [1.807, 2.05) is 0 Å². The topological polar surface area (TPSA) is 48.4 Å². The van der Waals surface area contributed by atoms with Crippen molar-refractivity contribution in [1.29, 1.82) is 5.39 Å². The van der Waals surface area contributed by atoms with Crippen LogP contribution in [0.5, 0.6) is 5.75 Å². The predicted octanol–water partition coefficient (Wildman–Crippen LogP) is -1.12. The van der Waals surface area contributed by atoms with Crippen molar-refractivity contribution in [3.05, 3.63) is 29.2 Å². The Morgan fingerprint density at radius 1 is 1.18 bits per heavy atom. The first-order valence-corrected chi connectivity index (χ1v) is 2.47. The molecule has 0 saturated carbocycles. The molecule has 0 spiro atoms. The summed E-state index contributed by atoms with van der Waals surface area (Å²) in [5.74, 6) is 0.169. The Kier molecular flexibility index (Phi) is 7.19. The van der Waals surface area contributed by atoms with Gasteiger partial charge in [-0.15, -0.1) is 0 Å². The van der Waals surface area contributed by atoms with E-state index >= 15 is 0 Å². The molecule has 1 aromatic rings. The number of benzene rings is 1. The third-order valence-corrected chi connectivity index (χ3v) is 0.965. The van der Waals surface area contributed by atoms with Crippen molar-refractivity contribution in [1.82, 2.24) is 0 Å². The molecule has 0 radical (unpaired) electrons. The van der Waals surface area contributed by atoms with Gasteiger partial charge in [0.2, 0.25) is 5.39 Å². The van der Waals surface area contributed by atoms with Gasteiger partial charge in [-0.3, -0.25) is 0 Å². The summed E-state index contributed by atoms with van der Waals surface area (Å²) in [5.41, 5.74) is 0.438. The van der Waals surface area contributed by atoms with Gasteiger partial charge in [-0.05, 0) is 12.1 Å². The molecule has 0 aliphatic carbocycles. The summed E-state index contributed by atoms with van der Waals surface area (Å²) >= 11 is 0. The summed E-state index contributed by atoms with van der Waals surface area (Å²) in [4.78, 5) is 2.90. The zero-order valence-corrected chi connectivity index (χ0v) is 9.46. The van der Waals surface area contributed by atoms with E-state index in [2.05, 4.69) is 4.98 Å². The number of phenolic OH excluding ortho intramolecular Hbond substituents is 1. The summed E-state index contributed by atoms with van der Waals surface area (Å²) < 4.78 is 0. The first-order chi connectivity index (χ1) is 4.33. The monoisotopic (exact) mass is 220 g/mol. The number of phenols is 1. The van der Waals surface area contributed by atoms with Crippen molar-refractivity contribution in [2.45, 2.75) is 0 Å². The minimum Gasteiger partial charge on any atom is -1.00 e. The molecule has 0 fully saturated rings. The summed E-state index contributed by atoms with van der Waals surface area (Å²) in [5, 5.41) is 16.9. The van der Waals surface area contributed by atoms with E-state index in [0.29, 0.717) is 5.69 Å². The molecular weight excluding hydrogens is 217 g/mol. The zero-order chi connectivity index (χ0) is 6.69. The van der Waals surface area contributed by atoms with E-state index in [1.54, 1.807) is 0 Å². The van der Waals surface area contributed by atoms with Crippen LogP contribution >= 0.6 is 0 Å². The SMILES string of the molecule is N#[N+]c1ccc(O)cc1.[Cl-].[Zn]. The quantitative estimate of drug-likeness (QED) is 0.446. The van der Waals surface area contributed by atoms with E-state index in [1.165, 1.54) is 24.3 Å². The Bertz CT molecular complexity index is 244. The number of rotatable bonds is 0. The van der Waals surface area contributed by atoms with Crippen molar-refractivity contribution in [3.8, 4) is 5.75 Å². The van der Waals surface area contributed by atoms with Crippen molar-refractivity contribution >= 4 is 5.69 Å². The fourth-order valence-electron chi connectivity index (χ4n) is 0.519. The summed E-state index contributed by atoms with van der Waals surface area (Å²) in [7, 11) is 0. The summed E-state index contributed by atoms with van der Waals surface area (Å²) in [6, 6.07) is 5.93. The van der Waals surface area contributed by atoms with E-state index < -0.39 is 0 Å². The van der Waals surface area contributed by atoms with Gasteiger partial charge in [0.05, 0.1) is 0 Å². The fourth-order valence-corrected chi connectivity index (χ4v) is 0.519. The minimum absolute atomic E-state index is 0. The van der Waals surface area contributed by atoms with Crippen molar-refractivity contribution < 1.29 is 37.0 Å². The van der Waals surface area contributed by atoms with Crippen molar-refractivity contribution in [2.24, 2.45) is 0 Å². The maximum absolute atomic E-state index is 8.73. The molecule has 0 saturated heterocycles. The smallest absolute Gasteiger partial charge is 0.385 e. The van der Waals surface area contributed by atoms with Crippen LogP contribution in [0.3, 0.4) is 0 Å². The van der Waals surface area contributed by atoms with Gasteiger partial charge in [0, 0.05) is 31.6 Å². The van der Waals surface area contributed by atoms with Crippen molar-refractivity contribution in [3.63, 3.8) is 0 Å². The Hall–Kier alpha value is -0.647. The second-order valence-electron chi connectivity index (χ2n) is 1.62. The molecule has 3 nitrogen and oxygen atoms in total. The van der Waals surface area contributed by atoms with E-state index in [9.17, 15) is 0 Å². The maximum Gasteiger partial charge on any atom is 0.385 e. The standard InChI is InChI=1S/C6H4N2O.ClH.Zn/c7-8-5-1-3-6(9)4-2-5;;/h1-4H;1H;. The molecule has 0 unspecified atom stereocenters. The molecule has 1 aromatic carbocycles. The molecule has 1 N–H and O–H groups in total. The average Bonchev–Trinajstić information content (AvgIpc) is 1.90. The van der Waals surface area contributed by atoms with Crippen LogP contribution in [-0.2, 0) is 19.5 Å². The van der Waals surface area contributed by atoms with Gasteiger partial charge in [-0.25, -0.2) is 0 Å². The van der Waals surface area contributed by atoms with Crippen LogP contribution in [0.4, 0.5) is 5.69 Å². The minimum atomic E-state index is 0. The Balaban J connectivity index is 0. The Labute approximate surface area is 83.2 Å². The predicted molar refractivity (Wildman–Crippen MR) is 32.9 cm³/mol. The van der Waals surface area contributed by atoms with Gasteiger partial charge < -0.3 is 17.5 Å². The van der Waals surface area contributed by atoms with E-state index in [-0.39, 0.29) is 37.6 Å².